The molecule has 0 aliphatic heterocycles. The minimum Gasteiger partial charge on any atom is -0.303 e. The quantitative estimate of drug-likeness (QED) is 0.799. The monoisotopic (exact) mass is 250 g/mol. The van der Waals surface area contributed by atoms with Crippen molar-refractivity contribution in [3.05, 3.63) is 30.1 Å². The first kappa shape index (κ1) is 12.9. The van der Waals surface area contributed by atoms with Crippen molar-refractivity contribution < 1.29 is 0 Å². The fourth-order valence-corrected chi connectivity index (χ4v) is 3.36. The highest BCUT2D eigenvalue weighted by Gasteiger charge is 2.26. The van der Waals surface area contributed by atoms with Crippen molar-refractivity contribution in [3.63, 3.8) is 0 Å². The van der Waals surface area contributed by atoms with Crippen LogP contribution in [-0.2, 0) is 6.42 Å². The Kier molecular flexibility index (Phi) is 4.86. The van der Waals surface area contributed by atoms with Crippen LogP contribution < -0.4 is 0 Å². The smallest absolute Gasteiger partial charge is 0.0270 e. The molecular formula is C14H22N2S. The van der Waals surface area contributed by atoms with E-state index >= 15 is 0 Å². The van der Waals surface area contributed by atoms with Crippen LogP contribution in [0.3, 0.4) is 0 Å². The molecule has 94 valence electrons. The number of likely N-dealkylation sites (N-methyl/N-ethyl adjacent to an activating group) is 1. The topological polar surface area (TPSA) is 16.1 Å². The molecule has 1 saturated carbocycles. The number of rotatable bonds is 5. The molecule has 1 fully saturated rings. The summed E-state index contributed by atoms with van der Waals surface area (Å²) in [6, 6.07) is 5.04. The molecule has 0 spiro atoms. The van der Waals surface area contributed by atoms with Crippen LogP contribution in [-0.4, -0.2) is 41.0 Å². The predicted octanol–water partition coefficient (Wildman–Crippen LogP) is 2.84. The van der Waals surface area contributed by atoms with Gasteiger partial charge in [0.25, 0.3) is 0 Å². The molecule has 0 unspecified atom stereocenters. The Morgan fingerprint density at radius 2 is 2.12 bits per heavy atom. The number of hydrogen-bond donors (Lipinski definition) is 0. The first-order chi connectivity index (χ1) is 8.29. The van der Waals surface area contributed by atoms with Gasteiger partial charge in [0, 0.05) is 30.2 Å². The summed E-state index contributed by atoms with van der Waals surface area (Å²) in [4.78, 5) is 6.59. The Balaban J connectivity index is 1.76. The zero-order valence-corrected chi connectivity index (χ0v) is 11.6. The third-order valence-electron chi connectivity index (χ3n) is 3.82. The lowest BCUT2D eigenvalue weighted by atomic mass is 10.1. The number of nitrogens with zero attached hydrogens (tertiary/aromatic N) is 2. The lowest BCUT2D eigenvalue weighted by Gasteiger charge is -2.24. The Bertz CT molecular complexity index is 328. The minimum atomic E-state index is 0.800. The Morgan fingerprint density at radius 1 is 1.35 bits per heavy atom. The van der Waals surface area contributed by atoms with E-state index in [1.54, 1.807) is 0 Å². The maximum absolute atomic E-state index is 4.05. The van der Waals surface area contributed by atoms with Crippen LogP contribution >= 0.6 is 11.8 Å². The van der Waals surface area contributed by atoms with E-state index in [4.69, 9.17) is 0 Å². The second kappa shape index (κ2) is 6.41. The van der Waals surface area contributed by atoms with Gasteiger partial charge in [-0.3, -0.25) is 4.98 Å². The first-order valence-electron chi connectivity index (χ1n) is 6.41. The third kappa shape index (κ3) is 3.71. The van der Waals surface area contributed by atoms with Gasteiger partial charge < -0.3 is 4.90 Å². The van der Waals surface area contributed by atoms with Crippen molar-refractivity contribution in [2.75, 3.05) is 19.8 Å². The number of thioether (sulfide) groups is 1. The van der Waals surface area contributed by atoms with Crippen molar-refractivity contribution in [3.8, 4) is 0 Å². The summed E-state index contributed by atoms with van der Waals surface area (Å²) in [5.74, 6) is 0. The van der Waals surface area contributed by atoms with E-state index in [2.05, 4.69) is 35.3 Å². The number of hydrogen-bond acceptors (Lipinski definition) is 3. The summed E-state index contributed by atoms with van der Waals surface area (Å²) in [6.45, 7) is 1.16. The maximum Gasteiger partial charge on any atom is 0.0270 e. The van der Waals surface area contributed by atoms with E-state index in [1.807, 2.05) is 24.2 Å². The van der Waals surface area contributed by atoms with Gasteiger partial charge in [-0.05, 0) is 56.7 Å². The normalized spacial score (nSPS) is 24.4. The van der Waals surface area contributed by atoms with E-state index in [0.717, 1.165) is 24.3 Å². The Morgan fingerprint density at radius 3 is 2.76 bits per heavy atom. The lowest BCUT2D eigenvalue weighted by molar-refractivity contribution is 0.249. The van der Waals surface area contributed by atoms with E-state index in [-0.39, 0.29) is 0 Å². The van der Waals surface area contributed by atoms with Crippen molar-refractivity contribution >= 4 is 11.8 Å². The summed E-state index contributed by atoms with van der Waals surface area (Å²) in [7, 11) is 2.27. The number of aromatic nitrogens is 1. The molecule has 1 aromatic heterocycles. The molecule has 1 aliphatic carbocycles. The molecule has 0 saturated heterocycles. The Hall–Kier alpha value is -0.540. The average molecular weight is 250 g/mol. The minimum absolute atomic E-state index is 0.800. The molecular weight excluding hydrogens is 228 g/mol. The van der Waals surface area contributed by atoms with Crippen LogP contribution in [0.5, 0.6) is 0 Å². The molecule has 17 heavy (non-hydrogen) atoms. The second-order valence-electron chi connectivity index (χ2n) is 4.91. The fraction of sp³-hybridized carbons (Fsp3) is 0.643. The molecule has 1 heterocycles. The molecule has 0 aromatic carbocycles. The van der Waals surface area contributed by atoms with Gasteiger partial charge in [0.1, 0.15) is 0 Å². The van der Waals surface area contributed by atoms with Gasteiger partial charge in [-0.1, -0.05) is 0 Å². The average Bonchev–Trinajstić information content (AvgIpc) is 2.86. The molecule has 0 amide bonds. The summed E-state index contributed by atoms with van der Waals surface area (Å²) >= 11 is 2.03. The molecule has 0 radical (unpaired) electrons. The molecule has 0 bridgehead atoms. The van der Waals surface area contributed by atoms with Crippen LogP contribution in [0.2, 0.25) is 0 Å². The van der Waals surface area contributed by atoms with Gasteiger partial charge in [0.05, 0.1) is 0 Å². The van der Waals surface area contributed by atoms with Crippen LogP contribution in [0.4, 0.5) is 0 Å². The third-order valence-corrected chi connectivity index (χ3v) is 4.91. The second-order valence-corrected chi connectivity index (χ2v) is 6.05. The molecule has 2 atom stereocenters. The summed E-state index contributed by atoms with van der Waals surface area (Å²) in [5, 5.41) is 0.892. The zero-order valence-electron chi connectivity index (χ0n) is 10.8. The predicted molar refractivity (Wildman–Crippen MR) is 75.5 cm³/mol. The van der Waals surface area contributed by atoms with Crippen molar-refractivity contribution in [1.29, 1.82) is 0 Å². The van der Waals surface area contributed by atoms with E-state index < -0.39 is 0 Å². The van der Waals surface area contributed by atoms with Gasteiger partial charge in [0.2, 0.25) is 0 Å². The maximum atomic E-state index is 4.05. The number of pyridine rings is 1. The van der Waals surface area contributed by atoms with Gasteiger partial charge in [-0.2, -0.15) is 11.8 Å². The molecule has 0 N–H and O–H groups in total. The molecule has 3 heteroatoms. The van der Waals surface area contributed by atoms with Gasteiger partial charge in [-0.15, -0.1) is 0 Å². The van der Waals surface area contributed by atoms with Crippen molar-refractivity contribution in [2.24, 2.45) is 0 Å². The summed E-state index contributed by atoms with van der Waals surface area (Å²) < 4.78 is 0. The van der Waals surface area contributed by atoms with E-state index in [1.165, 1.54) is 24.8 Å². The van der Waals surface area contributed by atoms with E-state index in [0.29, 0.717) is 0 Å². The molecule has 1 aromatic rings. The van der Waals surface area contributed by atoms with Gasteiger partial charge >= 0.3 is 0 Å². The van der Waals surface area contributed by atoms with Crippen molar-refractivity contribution in [2.45, 2.75) is 37.0 Å². The molecule has 1 aliphatic rings. The fourth-order valence-electron chi connectivity index (χ4n) is 2.57. The van der Waals surface area contributed by atoms with Crippen LogP contribution in [0, 0.1) is 0 Å². The molecule has 2 nitrogen and oxygen atoms in total. The summed E-state index contributed by atoms with van der Waals surface area (Å²) in [6.07, 6.45) is 11.3. The highest BCUT2D eigenvalue weighted by Crippen LogP contribution is 2.30. The summed E-state index contributed by atoms with van der Waals surface area (Å²) in [5.41, 5.74) is 1.39. The van der Waals surface area contributed by atoms with Gasteiger partial charge in [-0.25, -0.2) is 0 Å². The SMILES string of the molecule is CS[C@H]1CC[C@@H](N(C)CCc2ccncc2)C1. The van der Waals surface area contributed by atoms with Crippen molar-refractivity contribution in [1.82, 2.24) is 9.88 Å². The standard InChI is InChI=1S/C14H22N2S/c1-16(13-3-4-14(11-13)17-2)10-7-12-5-8-15-9-6-12/h5-6,8-9,13-14H,3-4,7,10-11H2,1-2H3/t13-,14+/m1/s1. The lowest BCUT2D eigenvalue weighted by Crippen LogP contribution is -2.31. The largest absolute Gasteiger partial charge is 0.303 e. The zero-order chi connectivity index (χ0) is 12.1. The van der Waals surface area contributed by atoms with Crippen LogP contribution in [0.25, 0.3) is 0 Å². The van der Waals surface area contributed by atoms with Crippen LogP contribution in [0.15, 0.2) is 24.5 Å². The highest BCUT2D eigenvalue weighted by molar-refractivity contribution is 7.99. The van der Waals surface area contributed by atoms with E-state index in [9.17, 15) is 0 Å². The van der Waals surface area contributed by atoms with Crippen LogP contribution in [0.1, 0.15) is 24.8 Å². The first-order valence-corrected chi connectivity index (χ1v) is 7.70. The Labute approximate surface area is 109 Å². The molecule has 2 rings (SSSR count). The van der Waals surface area contributed by atoms with Gasteiger partial charge in [0.15, 0.2) is 0 Å². The highest BCUT2D eigenvalue weighted by atomic mass is 32.2.